The van der Waals surface area contributed by atoms with Crippen LogP contribution in [0.2, 0.25) is 5.02 Å². The summed E-state index contributed by atoms with van der Waals surface area (Å²) in [6.45, 7) is 23.5. The van der Waals surface area contributed by atoms with Gasteiger partial charge in [0.1, 0.15) is 6.10 Å². The number of halogens is 1. The van der Waals surface area contributed by atoms with Gasteiger partial charge in [0.15, 0.2) is 5.78 Å². The Morgan fingerprint density at radius 3 is 2.18 bits per heavy atom. The number of fused-ring (bicyclic) bond motifs is 7. The Hall–Kier alpha value is -2.22. The van der Waals surface area contributed by atoms with Crippen molar-refractivity contribution < 1.29 is 24.2 Å². The lowest BCUT2D eigenvalue weighted by Gasteiger charge is -2.71. The molecule has 9 atom stereocenters. The molecule has 0 saturated heterocycles. The molecule has 0 aromatic heterocycles. The van der Waals surface area contributed by atoms with E-state index in [-0.39, 0.29) is 46.0 Å². The minimum atomic E-state index is -1.15. The highest BCUT2D eigenvalue weighted by molar-refractivity contribution is 6.30. The first-order valence-corrected chi connectivity index (χ1v) is 21.8. The highest BCUT2D eigenvalue weighted by Crippen LogP contribution is 2.75. The minimum absolute atomic E-state index is 0.00468. The van der Waals surface area contributed by atoms with Crippen molar-refractivity contribution >= 4 is 29.3 Å². The number of Topliss-reactive ketones (excluding diaryl/α,β-unsaturated/α-hetero) is 1. The second kappa shape index (κ2) is 15.2. The number of ether oxygens (including phenoxy) is 1. The normalized spacial score (nSPS) is 35.7. The highest BCUT2D eigenvalue weighted by Gasteiger charge is 2.69. The van der Waals surface area contributed by atoms with Crippen LogP contribution < -0.4 is 0 Å². The number of ketones is 1. The second-order valence-electron chi connectivity index (χ2n) is 21.1. The van der Waals surface area contributed by atoms with Crippen LogP contribution in [0.25, 0.3) is 0 Å². The van der Waals surface area contributed by atoms with E-state index in [2.05, 4.69) is 84.5 Å². The SMILES string of the molecule is CC(C)C1=C2C(CC[C@]3(C)[C@@H]2CC[C@@H]2[C@@]4(C)CC[C@H](OC(=O)CC(C)(C)C(=O)O)C(C)(C)[C@@H]4CC[C@]23C)[C@H](CN(CCN(C)C)Cc2ccc(Cl)cc2)C1=O. The quantitative estimate of drug-likeness (QED) is 0.212. The van der Waals surface area contributed by atoms with Gasteiger partial charge in [-0.15, -0.1) is 0 Å². The molecule has 4 saturated carbocycles. The van der Waals surface area contributed by atoms with Gasteiger partial charge in [-0.1, -0.05) is 77.8 Å². The molecule has 4 fully saturated rings. The maximum absolute atomic E-state index is 14.8. The number of esters is 1. The van der Waals surface area contributed by atoms with E-state index in [0.717, 1.165) is 81.7 Å². The summed E-state index contributed by atoms with van der Waals surface area (Å²) in [4.78, 5) is 44.4. The van der Waals surface area contributed by atoms with E-state index in [1.165, 1.54) is 17.6 Å². The third kappa shape index (κ3) is 7.39. The van der Waals surface area contributed by atoms with Gasteiger partial charge in [0.2, 0.25) is 0 Å². The molecule has 8 heteroatoms. The lowest BCUT2D eigenvalue weighted by atomic mass is 9.33. The number of carbonyl (C=O) groups excluding carboxylic acids is 2. The van der Waals surface area contributed by atoms with Gasteiger partial charge in [-0.3, -0.25) is 19.3 Å². The Morgan fingerprint density at radius 1 is 0.909 bits per heavy atom. The van der Waals surface area contributed by atoms with Gasteiger partial charge in [0.05, 0.1) is 11.8 Å². The number of rotatable bonds is 12. The molecule has 6 rings (SSSR count). The number of hydrogen-bond acceptors (Lipinski definition) is 6. The largest absolute Gasteiger partial charge is 0.481 e. The lowest BCUT2D eigenvalue weighted by molar-refractivity contribution is -0.232. The lowest BCUT2D eigenvalue weighted by Crippen LogP contribution is -2.65. The predicted molar refractivity (Wildman–Crippen MR) is 221 cm³/mol. The van der Waals surface area contributed by atoms with E-state index < -0.39 is 17.4 Å². The van der Waals surface area contributed by atoms with E-state index in [9.17, 15) is 19.5 Å². The van der Waals surface area contributed by atoms with Crippen molar-refractivity contribution in [1.29, 1.82) is 0 Å². The molecular formula is C47H71ClN2O5. The van der Waals surface area contributed by atoms with Crippen LogP contribution in [-0.4, -0.2) is 72.5 Å². The smallest absolute Gasteiger partial charge is 0.309 e. The zero-order valence-electron chi connectivity index (χ0n) is 35.9. The van der Waals surface area contributed by atoms with Crippen molar-refractivity contribution in [3.8, 4) is 0 Å². The first-order valence-electron chi connectivity index (χ1n) is 21.4. The topological polar surface area (TPSA) is 87.2 Å². The summed E-state index contributed by atoms with van der Waals surface area (Å²) in [5, 5.41) is 10.4. The predicted octanol–water partition coefficient (Wildman–Crippen LogP) is 9.95. The van der Waals surface area contributed by atoms with E-state index >= 15 is 0 Å². The van der Waals surface area contributed by atoms with Crippen LogP contribution in [0.3, 0.4) is 0 Å². The van der Waals surface area contributed by atoms with Gasteiger partial charge in [0.25, 0.3) is 0 Å². The molecule has 0 aliphatic heterocycles. The molecule has 55 heavy (non-hydrogen) atoms. The number of nitrogens with zero attached hydrogens (tertiary/aromatic N) is 2. The summed E-state index contributed by atoms with van der Waals surface area (Å²) in [5.41, 5.74) is 2.91. The van der Waals surface area contributed by atoms with Crippen LogP contribution >= 0.6 is 11.6 Å². The number of allylic oxidation sites excluding steroid dienone is 2. The number of aliphatic carboxylic acids is 1. The number of benzene rings is 1. The zero-order valence-corrected chi connectivity index (χ0v) is 36.7. The first-order chi connectivity index (χ1) is 25.6. The molecule has 5 aliphatic rings. The van der Waals surface area contributed by atoms with Crippen molar-refractivity contribution in [3.05, 3.63) is 46.0 Å². The summed E-state index contributed by atoms with van der Waals surface area (Å²) < 4.78 is 6.20. The fourth-order valence-electron chi connectivity index (χ4n) is 13.4. The summed E-state index contributed by atoms with van der Waals surface area (Å²) in [6, 6.07) is 8.18. The summed E-state index contributed by atoms with van der Waals surface area (Å²) >= 11 is 6.25. The van der Waals surface area contributed by atoms with Crippen LogP contribution in [0.4, 0.5) is 0 Å². The van der Waals surface area contributed by atoms with E-state index in [0.29, 0.717) is 29.5 Å². The zero-order chi connectivity index (χ0) is 40.5. The molecule has 0 amide bonds. The molecular weight excluding hydrogens is 708 g/mol. The Bertz CT molecular complexity index is 1660. The van der Waals surface area contributed by atoms with Crippen LogP contribution in [0.5, 0.6) is 0 Å². The molecule has 0 radical (unpaired) electrons. The maximum Gasteiger partial charge on any atom is 0.309 e. The molecule has 5 aliphatic carbocycles. The van der Waals surface area contributed by atoms with Crippen molar-refractivity contribution in [2.75, 3.05) is 33.7 Å². The standard InChI is InChI=1S/C47H71ClN2O5/c1-29(2)39-40-32(33(41(39)52)28-50(25-24-49(10)11)27-30-12-14-31(48)15-13-30)18-22-46(8)34(40)16-17-36-45(7)21-20-37(55-38(51)26-43(3,4)42(53)54)44(5,6)35(45)19-23-47(36,46)9/h12-15,29,32-37H,16-28H2,1-11H3,(H,53,54)/t32?,33-,34+,35-,36+,37-,45-,46+,47+/m0/s1. The monoisotopic (exact) mass is 779 g/mol. The Balaban J connectivity index is 1.25. The molecule has 1 N–H and O–H groups in total. The Labute approximate surface area is 337 Å². The Morgan fingerprint density at radius 2 is 1.56 bits per heavy atom. The van der Waals surface area contributed by atoms with E-state index in [4.69, 9.17) is 16.3 Å². The van der Waals surface area contributed by atoms with Crippen molar-refractivity contribution in [2.45, 2.75) is 133 Å². The van der Waals surface area contributed by atoms with Gasteiger partial charge in [-0.2, -0.15) is 0 Å². The third-order valence-electron chi connectivity index (χ3n) is 16.6. The second-order valence-corrected chi connectivity index (χ2v) is 21.6. The molecule has 7 nitrogen and oxygen atoms in total. The third-order valence-corrected chi connectivity index (χ3v) is 16.9. The maximum atomic E-state index is 14.8. The molecule has 0 bridgehead atoms. The van der Waals surface area contributed by atoms with Gasteiger partial charge in [-0.05, 0) is 148 Å². The van der Waals surface area contributed by atoms with Crippen LogP contribution in [0.1, 0.15) is 126 Å². The van der Waals surface area contributed by atoms with Crippen LogP contribution in [0.15, 0.2) is 35.4 Å². The first kappa shape index (κ1) is 42.4. The summed E-state index contributed by atoms with van der Waals surface area (Å²) in [6.07, 6.45) is 8.28. The summed E-state index contributed by atoms with van der Waals surface area (Å²) in [7, 11) is 4.25. The average molecular weight is 780 g/mol. The number of hydrogen-bond donors (Lipinski definition) is 1. The highest BCUT2D eigenvalue weighted by atomic mass is 35.5. The van der Waals surface area contributed by atoms with Crippen molar-refractivity contribution in [1.82, 2.24) is 9.80 Å². The molecule has 0 heterocycles. The number of likely N-dealkylation sites (N-methyl/N-ethyl adjacent to an activating group) is 1. The summed E-state index contributed by atoms with van der Waals surface area (Å²) in [5.74, 6) is 0.951. The molecule has 1 aromatic carbocycles. The van der Waals surface area contributed by atoms with Gasteiger partial charge in [0, 0.05) is 42.5 Å². The average Bonchev–Trinajstić information content (AvgIpc) is 3.36. The van der Waals surface area contributed by atoms with Crippen LogP contribution in [0, 0.1) is 62.6 Å². The number of carbonyl (C=O) groups is 3. The number of carboxylic acids is 1. The fourth-order valence-corrected chi connectivity index (χ4v) is 13.6. The van der Waals surface area contributed by atoms with E-state index in [1.807, 2.05) is 12.1 Å². The minimum Gasteiger partial charge on any atom is -0.481 e. The Kier molecular flexibility index (Phi) is 11.7. The van der Waals surface area contributed by atoms with Gasteiger partial charge < -0.3 is 14.7 Å². The molecule has 1 aromatic rings. The number of carboxylic acid groups (broad SMARTS) is 1. The van der Waals surface area contributed by atoms with Gasteiger partial charge >= 0.3 is 11.9 Å². The van der Waals surface area contributed by atoms with Crippen molar-refractivity contribution in [2.24, 2.45) is 62.6 Å². The molecule has 306 valence electrons. The van der Waals surface area contributed by atoms with E-state index in [1.54, 1.807) is 13.8 Å². The van der Waals surface area contributed by atoms with Gasteiger partial charge in [-0.25, -0.2) is 0 Å². The van der Waals surface area contributed by atoms with Crippen molar-refractivity contribution in [3.63, 3.8) is 0 Å². The molecule has 0 spiro atoms. The fraction of sp³-hybridized carbons (Fsp3) is 0.766. The molecule has 1 unspecified atom stereocenters. The van der Waals surface area contributed by atoms with Crippen LogP contribution in [-0.2, 0) is 25.7 Å².